The summed E-state index contributed by atoms with van der Waals surface area (Å²) in [6.07, 6.45) is 0. The first-order valence-corrected chi connectivity index (χ1v) is 10.6. The maximum Gasteiger partial charge on any atom is 0.269 e. The zero-order chi connectivity index (χ0) is 22.7. The molecule has 0 saturated carbocycles. The molecule has 0 atom stereocenters. The smallest absolute Gasteiger partial charge is 0.269 e. The van der Waals surface area contributed by atoms with Gasteiger partial charge in [-0.25, -0.2) is 4.68 Å². The van der Waals surface area contributed by atoms with Crippen LogP contribution in [0.15, 0.2) is 70.3 Å². The number of morpholine rings is 1. The fourth-order valence-corrected chi connectivity index (χ4v) is 3.83. The molecule has 0 unspecified atom stereocenters. The molecule has 4 rings (SSSR count). The number of rotatable bonds is 5. The fourth-order valence-electron chi connectivity index (χ4n) is 3.83. The van der Waals surface area contributed by atoms with Crippen LogP contribution in [0.25, 0.3) is 5.69 Å². The van der Waals surface area contributed by atoms with Gasteiger partial charge in [-0.3, -0.25) is 19.5 Å². The summed E-state index contributed by atoms with van der Waals surface area (Å²) in [5, 5.41) is 2.49. The van der Waals surface area contributed by atoms with Gasteiger partial charge in [0, 0.05) is 48.2 Å². The molecule has 8 heteroatoms. The number of hydrogen-bond acceptors (Lipinski definition) is 5. The van der Waals surface area contributed by atoms with Gasteiger partial charge in [0.15, 0.2) is 0 Å². The number of H-pyrrole nitrogens is 1. The number of hydrogen-bond donors (Lipinski definition) is 1. The first kappa shape index (κ1) is 21.6. The van der Waals surface area contributed by atoms with Crippen LogP contribution in [-0.4, -0.2) is 48.0 Å². The molecule has 8 nitrogen and oxygen atoms in total. The number of anilines is 2. The second kappa shape index (κ2) is 9.23. The molecule has 0 aliphatic carbocycles. The van der Waals surface area contributed by atoms with Crippen LogP contribution in [0, 0.1) is 0 Å². The van der Waals surface area contributed by atoms with E-state index in [0.29, 0.717) is 24.5 Å². The maximum atomic E-state index is 13.4. The van der Waals surface area contributed by atoms with E-state index in [-0.39, 0.29) is 17.5 Å². The van der Waals surface area contributed by atoms with Gasteiger partial charge in [0.2, 0.25) is 0 Å². The average Bonchev–Trinajstić information content (AvgIpc) is 2.81. The summed E-state index contributed by atoms with van der Waals surface area (Å²) in [5.41, 5.74) is 1.95. The lowest BCUT2D eigenvalue weighted by atomic mass is 10.1. The van der Waals surface area contributed by atoms with Gasteiger partial charge in [-0.05, 0) is 56.3 Å². The first-order valence-electron chi connectivity index (χ1n) is 10.6. The second-order valence-electron chi connectivity index (χ2n) is 7.92. The van der Waals surface area contributed by atoms with Crippen molar-refractivity contribution in [2.24, 2.45) is 0 Å². The number of carbonyl (C=O) groups is 1. The molecule has 0 radical (unpaired) electrons. The largest absolute Gasteiger partial charge is 0.378 e. The normalized spacial score (nSPS) is 13.9. The number of aromatic nitrogens is 2. The van der Waals surface area contributed by atoms with Crippen molar-refractivity contribution in [1.29, 1.82) is 0 Å². The summed E-state index contributed by atoms with van der Waals surface area (Å²) in [4.78, 5) is 41.3. The highest BCUT2D eigenvalue weighted by Gasteiger charge is 2.22. The lowest BCUT2D eigenvalue weighted by Gasteiger charge is -2.30. The van der Waals surface area contributed by atoms with Crippen molar-refractivity contribution in [1.82, 2.24) is 9.78 Å². The number of nitrogens with zero attached hydrogens (tertiary/aromatic N) is 3. The summed E-state index contributed by atoms with van der Waals surface area (Å²) in [5.74, 6) is -0.188. The van der Waals surface area contributed by atoms with E-state index in [2.05, 4.69) is 10.00 Å². The third-order valence-corrected chi connectivity index (χ3v) is 5.41. The van der Waals surface area contributed by atoms with E-state index in [1.54, 1.807) is 29.2 Å². The molecule has 2 aromatic carbocycles. The number of amides is 1. The van der Waals surface area contributed by atoms with E-state index in [4.69, 9.17) is 4.74 Å². The van der Waals surface area contributed by atoms with Crippen molar-refractivity contribution in [3.05, 3.63) is 86.9 Å². The number of carbonyl (C=O) groups excluding carboxylic acids is 1. The van der Waals surface area contributed by atoms with E-state index in [1.165, 1.54) is 12.1 Å². The van der Waals surface area contributed by atoms with Crippen LogP contribution in [0.5, 0.6) is 0 Å². The van der Waals surface area contributed by atoms with Gasteiger partial charge in [-0.1, -0.05) is 6.07 Å². The third kappa shape index (κ3) is 4.50. The van der Waals surface area contributed by atoms with Crippen molar-refractivity contribution < 1.29 is 9.53 Å². The minimum absolute atomic E-state index is 0.0837. The van der Waals surface area contributed by atoms with E-state index in [9.17, 15) is 14.4 Å². The van der Waals surface area contributed by atoms with Crippen LogP contribution in [0.2, 0.25) is 0 Å². The lowest BCUT2D eigenvalue weighted by molar-refractivity contribution is 0.0980. The summed E-state index contributed by atoms with van der Waals surface area (Å²) >= 11 is 0. The molecule has 1 aliphatic rings. The Kier molecular flexibility index (Phi) is 6.23. The van der Waals surface area contributed by atoms with Crippen LogP contribution in [-0.2, 0) is 4.74 Å². The zero-order valence-electron chi connectivity index (χ0n) is 18.2. The molecule has 1 saturated heterocycles. The average molecular weight is 434 g/mol. The summed E-state index contributed by atoms with van der Waals surface area (Å²) in [6, 6.07) is 16.9. The first-order chi connectivity index (χ1) is 15.4. The number of nitrogens with one attached hydrogen (secondary N) is 1. The van der Waals surface area contributed by atoms with Gasteiger partial charge in [-0.2, -0.15) is 0 Å². The van der Waals surface area contributed by atoms with Crippen molar-refractivity contribution in [2.45, 2.75) is 19.9 Å². The fraction of sp³-hybridized carbons (Fsp3) is 0.292. The lowest BCUT2D eigenvalue weighted by Crippen LogP contribution is -2.38. The molecular formula is C24H26N4O4. The van der Waals surface area contributed by atoms with Gasteiger partial charge in [0.1, 0.15) is 0 Å². The Labute approximate surface area is 185 Å². The van der Waals surface area contributed by atoms with Gasteiger partial charge in [-0.15, -0.1) is 0 Å². The van der Waals surface area contributed by atoms with Crippen molar-refractivity contribution >= 4 is 17.3 Å². The third-order valence-electron chi connectivity index (χ3n) is 5.41. The molecule has 1 fully saturated rings. The van der Waals surface area contributed by atoms with Crippen molar-refractivity contribution in [3.8, 4) is 5.69 Å². The Bertz CT molecular complexity index is 1210. The standard InChI is InChI=1S/C24H26N4O4/c1-17(2)27(20-8-6-19(7-9-20)26-12-14-32-15-13-26)24(31)18-4-3-5-21(16-18)28-23(30)11-10-22(29)25-28/h3-11,16-17H,12-15H2,1-2H3,(H,25,29). The van der Waals surface area contributed by atoms with E-state index < -0.39 is 5.56 Å². The molecule has 2 heterocycles. The predicted octanol–water partition coefficient (Wildman–Crippen LogP) is 2.42. The summed E-state index contributed by atoms with van der Waals surface area (Å²) in [7, 11) is 0. The molecule has 0 bridgehead atoms. The van der Waals surface area contributed by atoms with Gasteiger partial charge >= 0.3 is 0 Å². The molecule has 0 spiro atoms. The van der Waals surface area contributed by atoms with Crippen LogP contribution in [0.1, 0.15) is 24.2 Å². The van der Waals surface area contributed by atoms with Crippen molar-refractivity contribution in [2.75, 3.05) is 36.1 Å². The molecule has 1 N–H and O–H groups in total. The molecular weight excluding hydrogens is 408 g/mol. The highest BCUT2D eigenvalue weighted by atomic mass is 16.5. The van der Waals surface area contributed by atoms with Crippen LogP contribution in [0.3, 0.4) is 0 Å². The summed E-state index contributed by atoms with van der Waals surface area (Å²) < 4.78 is 6.55. The Balaban J connectivity index is 1.63. The van der Waals surface area contributed by atoms with Gasteiger partial charge in [0.25, 0.3) is 17.0 Å². The second-order valence-corrected chi connectivity index (χ2v) is 7.92. The predicted molar refractivity (Wildman–Crippen MR) is 124 cm³/mol. The molecule has 1 amide bonds. The zero-order valence-corrected chi connectivity index (χ0v) is 18.2. The van der Waals surface area contributed by atoms with E-state index in [0.717, 1.165) is 29.1 Å². The SMILES string of the molecule is CC(C)N(C(=O)c1cccc(-n2[nH]c(=O)ccc2=O)c1)c1ccc(N2CCOCC2)cc1. The summed E-state index contributed by atoms with van der Waals surface area (Å²) in [6.45, 7) is 7.03. The Morgan fingerprint density at radius 1 is 0.969 bits per heavy atom. The quantitative estimate of drug-likeness (QED) is 0.666. The monoisotopic (exact) mass is 434 g/mol. The van der Waals surface area contributed by atoms with Gasteiger partial charge < -0.3 is 14.5 Å². The molecule has 166 valence electrons. The number of ether oxygens (including phenoxy) is 1. The number of aromatic amines is 1. The van der Waals surface area contributed by atoms with E-state index in [1.807, 2.05) is 38.1 Å². The highest BCUT2D eigenvalue weighted by Crippen LogP contribution is 2.25. The molecule has 3 aromatic rings. The topological polar surface area (TPSA) is 87.6 Å². The van der Waals surface area contributed by atoms with Crippen LogP contribution >= 0.6 is 0 Å². The van der Waals surface area contributed by atoms with Crippen LogP contribution < -0.4 is 20.9 Å². The van der Waals surface area contributed by atoms with Crippen LogP contribution in [0.4, 0.5) is 11.4 Å². The Morgan fingerprint density at radius 2 is 1.69 bits per heavy atom. The van der Waals surface area contributed by atoms with E-state index >= 15 is 0 Å². The van der Waals surface area contributed by atoms with Gasteiger partial charge in [0.05, 0.1) is 18.9 Å². The minimum Gasteiger partial charge on any atom is -0.378 e. The maximum absolute atomic E-state index is 13.4. The molecule has 1 aliphatic heterocycles. The number of benzene rings is 2. The molecule has 32 heavy (non-hydrogen) atoms. The minimum atomic E-state index is -0.398. The Hall–Kier alpha value is -3.65. The highest BCUT2D eigenvalue weighted by molar-refractivity contribution is 6.06. The Morgan fingerprint density at radius 3 is 2.38 bits per heavy atom. The van der Waals surface area contributed by atoms with Crippen molar-refractivity contribution in [3.63, 3.8) is 0 Å². The molecule has 1 aromatic heterocycles.